The molecule has 2 N–H and O–H groups in total. The average molecular weight is 237 g/mol. The van der Waals surface area contributed by atoms with Gasteiger partial charge < -0.3 is 15.2 Å². The number of esters is 1. The second-order valence-corrected chi connectivity index (χ2v) is 4.18. The third kappa shape index (κ3) is 2.71. The van der Waals surface area contributed by atoms with E-state index < -0.39 is 5.97 Å². The van der Waals surface area contributed by atoms with Crippen LogP contribution in [0.3, 0.4) is 0 Å². The Balaban J connectivity index is 2.11. The quantitative estimate of drug-likeness (QED) is 0.745. The number of nitrogens with one attached hydrogen (secondary N) is 1. The molecule has 1 aliphatic rings. The van der Waals surface area contributed by atoms with E-state index in [1.807, 2.05) is 0 Å². The Hall–Kier alpha value is -1.69. The Morgan fingerprint density at radius 2 is 2.24 bits per heavy atom. The van der Waals surface area contributed by atoms with E-state index in [9.17, 15) is 9.90 Å². The Morgan fingerprint density at radius 1 is 1.53 bits per heavy atom. The molecule has 92 valence electrons. The molecule has 1 fully saturated rings. The zero-order valence-corrected chi connectivity index (χ0v) is 9.80. The minimum absolute atomic E-state index is 0.0508. The van der Waals surface area contributed by atoms with Gasteiger partial charge in [0.05, 0.1) is 13.2 Å². The molecule has 0 atom stereocenters. The number of hydrogen-bond donors (Lipinski definition) is 2. The normalized spacial score (nSPS) is 22.8. The molecule has 0 amide bonds. The van der Waals surface area contributed by atoms with E-state index in [4.69, 9.17) is 0 Å². The van der Waals surface area contributed by atoms with Crippen molar-refractivity contribution in [2.75, 3.05) is 12.4 Å². The standard InChI is InChI=1S/C11H15N3O3/c1-6-3-9(13-7-4-8(15)5-7)14-10(12-6)11(16)17-2/h3,7-8,15H,4-5H2,1-2H3,(H,12,13,14). The van der Waals surface area contributed by atoms with Crippen molar-refractivity contribution in [3.63, 3.8) is 0 Å². The first-order valence-corrected chi connectivity index (χ1v) is 5.47. The molecule has 0 unspecified atom stereocenters. The summed E-state index contributed by atoms with van der Waals surface area (Å²) >= 11 is 0. The van der Waals surface area contributed by atoms with Crippen molar-refractivity contribution in [3.8, 4) is 0 Å². The van der Waals surface area contributed by atoms with Crippen molar-refractivity contribution in [2.45, 2.75) is 31.9 Å². The molecule has 0 bridgehead atoms. The lowest BCUT2D eigenvalue weighted by Gasteiger charge is -2.32. The average Bonchev–Trinajstić information content (AvgIpc) is 2.25. The van der Waals surface area contributed by atoms with Gasteiger partial charge in [0.2, 0.25) is 5.82 Å². The Bertz CT molecular complexity index is 430. The van der Waals surface area contributed by atoms with Gasteiger partial charge in [0, 0.05) is 17.8 Å². The Kier molecular flexibility index (Phi) is 3.23. The highest BCUT2D eigenvalue weighted by atomic mass is 16.5. The molecule has 6 heteroatoms. The number of aliphatic hydroxyl groups excluding tert-OH is 1. The van der Waals surface area contributed by atoms with Crippen molar-refractivity contribution in [1.29, 1.82) is 0 Å². The maximum Gasteiger partial charge on any atom is 0.376 e. The topological polar surface area (TPSA) is 84.3 Å². The first kappa shape index (κ1) is 11.8. The molecule has 2 rings (SSSR count). The lowest BCUT2D eigenvalue weighted by atomic mass is 9.89. The van der Waals surface area contributed by atoms with Gasteiger partial charge in [-0.15, -0.1) is 0 Å². The van der Waals surface area contributed by atoms with Crippen molar-refractivity contribution in [3.05, 3.63) is 17.6 Å². The number of hydrogen-bond acceptors (Lipinski definition) is 6. The van der Waals surface area contributed by atoms with Crippen LogP contribution in [-0.4, -0.2) is 40.3 Å². The molecule has 1 aliphatic carbocycles. The van der Waals surface area contributed by atoms with Gasteiger partial charge in [0.1, 0.15) is 5.82 Å². The fourth-order valence-corrected chi connectivity index (χ4v) is 1.74. The summed E-state index contributed by atoms with van der Waals surface area (Å²) in [7, 11) is 1.30. The van der Waals surface area contributed by atoms with E-state index in [2.05, 4.69) is 20.0 Å². The Labute approximate surface area is 99.0 Å². The number of nitrogens with zero attached hydrogens (tertiary/aromatic N) is 2. The molecule has 6 nitrogen and oxygen atoms in total. The van der Waals surface area contributed by atoms with Crippen molar-refractivity contribution in [2.24, 2.45) is 0 Å². The van der Waals surface area contributed by atoms with Gasteiger partial charge >= 0.3 is 5.97 Å². The molecule has 1 aromatic rings. The molecule has 0 saturated heterocycles. The first-order valence-electron chi connectivity index (χ1n) is 5.47. The fraction of sp³-hybridized carbons (Fsp3) is 0.545. The molecular weight excluding hydrogens is 222 g/mol. The van der Waals surface area contributed by atoms with Gasteiger partial charge in [-0.05, 0) is 19.8 Å². The van der Waals surface area contributed by atoms with Crippen LogP contribution in [0.5, 0.6) is 0 Å². The second-order valence-electron chi connectivity index (χ2n) is 4.18. The third-order valence-electron chi connectivity index (χ3n) is 2.69. The predicted molar refractivity (Wildman–Crippen MR) is 60.8 cm³/mol. The second kappa shape index (κ2) is 4.67. The maximum absolute atomic E-state index is 11.3. The van der Waals surface area contributed by atoms with Gasteiger partial charge in [-0.3, -0.25) is 0 Å². The summed E-state index contributed by atoms with van der Waals surface area (Å²) in [6.07, 6.45) is 1.18. The minimum atomic E-state index is -0.551. The van der Waals surface area contributed by atoms with Gasteiger partial charge in [0.25, 0.3) is 0 Å². The summed E-state index contributed by atoms with van der Waals surface area (Å²) < 4.78 is 4.58. The number of methoxy groups -OCH3 is 1. The van der Waals surface area contributed by atoms with Crippen LogP contribution in [0.25, 0.3) is 0 Å². The van der Waals surface area contributed by atoms with Gasteiger partial charge in [0.15, 0.2) is 0 Å². The number of anilines is 1. The van der Waals surface area contributed by atoms with Crippen LogP contribution in [0, 0.1) is 6.92 Å². The minimum Gasteiger partial charge on any atom is -0.463 e. The van der Waals surface area contributed by atoms with E-state index in [-0.39, 0.29) is 18.0 Å². The molecular formula is C11H15N3O3. The smallest absolute Gasteiger partial charge is 0.376 e. The summed E-state index contributed by atoms with van der Waals surface area (Å²) in [5, 5.41) is 12.3. The molecule has 0 spiro atoms. The highest BCUT2D eigenvalue weighted by Gasteiger charge is 2.27. The summed E-state index contributed by atoms with van der Waals surface area (Å²) in [6.45, 7) is 1.79. The molecule has 0 radical (unpaired) electrons. The van der Waals surface area contributed by atoms with Crippen LogP contribution in [0.1, 0.15) is 29.2 Å². The van der Waals surface area contributed by atoms with Gasteiger partial charge in [-0.1, -0.05) is 0 Å². The number of rotatable bonds is 3. The van der Waals surface area contributed by atoms with Crippen molar-refractivity contribution in [1.82, 2.24) is 9.97 Å². The first-order chi connectivity index (χ1) is 8.08. The number of carbonyl (C=O) groups is 1. The summed E-state index contributed by atoms with van der Waals surface area (Å²) in [5.74, 6) is 0.0927. The zero-order valence-electron chi connectivity index (χ0n) is 9.80. The van der Waals surface area contributed by atoms with E-state index >= 15 is 0 Å². The van der Waals surface area contributed by atoms with Crippen LogP contribution in [0.4, 0.5) is 5.82 Å². The van der Waals surface area contributed by atoms with E-state index in [0.29, 0.717) is 24.4 Å². The highest BCUT2D eigenvalue weighted by Crippen LogP contribution is 2.23. The van der Waals surface area contributed by atoms with Crippen LogP contribution in [0.15, 0.2) is 6.07 Å². The van der Waals surface area contributed by atoms with Crippen LogP contribution < -0.4 is 5.32 Å². The lowest BCUT2D eigenvalue weighted by Crippen LogP contribution is -2.39. The van der Waals surface area contributed by atoms with Gasteiger partial charge in [-0.2, -0.15) is 0 Å². The lowest BCUT2D eigenvalue weighted by molar-refractivity contribution is 0.0586. The van der Waals surface area contributed by atoms with E-state index in [1.54, 1.807) is 13.0 Å². The fourth-order valence-electron chi connectivity index (χ4n) is 1.74. The van der Waals surface area contributed by atoms with E-state index in [1.165, 1.54) is 7.11 Å². The van der Waals surface area contributed by atoms with E-state index in [0.717, 1.165) is 0 Å². The zero-order chi connectivity index (χ0) is 12.4. The van der Waals surface area contributed by atoms with Crippen molar-refractivity contribution >= 4 is 11.8 Å². The van der Waals surface area contributed by atoms with Gasteiger partial charge in [-0.25, -0.2) is 14.8 Å². The van der Waals surface area contributed by atoms with Crippen LogP contribution in [0.2, 0.25) is 0 Å². The number of ether oxygens (including phenoxy) is 1. The monoisotopic (exact) mass is 237 g/mol. The third-order valence-corrected chi connectivity index (χ3v) is 2.69. The Morgan fingerprint density at radius 3 is 2.82 bits per heavy atom. The molecule has 0 aliphatic heterocycles. The predicted octanol–water partition coefficient (Wildman–Crippen LogP) is 0.507. The van der Waals surface area contributed by atoms with Crippen molar-refractivity contribution < 1.29 is 14.6 Å². The number of aliphatic hydroxyl groups is 1. The molecule has 1 heterocycles. The molecule has 1 aromatic heterocycles. The SMILES string of the molecule is COC(=O)c1nc(C)cc(NC2CC(O)C2)n1. The molecule has 1 saturated carbocycles. The summed E-state index contributed by atoms with van der Waals surface area (Å²) in [6, 6.07) is 1.97. The summed E-state index contributed by atoms with van der Waals surface area (Å²) in [5.41, 5.74) is 0.697. The molecule has 17 heavy (non-hydrogen) atoms. The van der Waals surface area contributed by atoms with Crippen LogP contribution >= 0.6 is 0 Å². The summed E-state index contributed by atoms with van der Waals surface area (Å²) in [4.78, 5) is 19.4. The van der Waals surface area contributed by atoms with Crippen LogP contribution in [-0.2, 0) is 4.74 Å². The number of aromatic nitrogens is 2. The number of carbonyl (C=O) groups excluding carboxylic acids is 1. The highest BCUT2D eigenvalue weighted by molar-refractivity contribution is 5.85. The maximum atomic E-state index is 11.3. The molecule has 0 aromatic carbocycles. The number of aryl methyl sites for hydroxylation is 1. The largest absolute Gasteiger partial charge is 0.463 e.